The third-order valence-corrected chi connectivity index (χ3v) is 6.91. The van der Waals surface area contributed by atoms with E-state index in [0.29, 0.717) is 17.5 Å². The van der Waals surface area contributed by atoms with Crippen LogP contribution >= 0.6 is 27.7 Å². The number of carbonyl (C=O) groups excluding carboxylic acids is 1. The van der Waals surface area contributed by atoms with Gasteiger partial charge in [-0.25, -0.2) is 0 Å². The molecule has 6 nitrogen and oxygen atoms in total. The predicted octanol–water partition coefficient (Wildman–Crippen LogP) is 6.81. The third-order valence-electron chi connectivity index (χ3n) is 5.45. The molecule has 180 valence electrons. The molecular formula is C27H27BrN4O2S. The van der Waals surface area contributed by atoms with E-state index in [2.05, 4.69) is 64.0 Å². The zero-order chi connectivity index (χ0) is 24.8. The first-order chi connectivity index (χ1) is 17.0. The van der Waals surface area contributed by atoms with E-state index in [1.807, 2.05) is 53.1 Å². The average Bonchev–Trinajstić information content (AvgIpc) is 3.24. The number of rotatable bonds is 10. The number of hydrogen-bond acceptors (Lipinski definition) is 5. The standard InChI is InChI=1S/C27H27BrN4O2S/c1-4-14-32-25(16-34-24-11-7-9-19-8-5-6-10-21(19)24)30-31-27(32)35-17-26(33)29-23-13-12-20(28)15-22(23)18(2)3/h4-13,15,18H,1,14,16-17H2,2-3H3,(H,29,33). The molecule has 0 aliphatic carbocycles. The van der Waals surface area contributed by atoms with Crippen molar-refractivity contribution in [3.8, 4) is 5.75 Å². The van der Waals surface area contributed by atoms with Gasteiger partial charge in [0.2, 0.25) is 5.91 Å². The molecule has 0 saturated heterocycles. The van der Waals surface area contributed by atoms with Gasteiger partial charge in [0.25, 0.3) is 0 Å². The van der Waals surface area contributed by atoms with Crippen LogP contribution < -0.4 is 10.1 Å². The van der Waals surface area contributed by atoms with Gasteiger partial charge in [-0.2, -0.15) is 0 Å². The molecule has 4 aromatic rings. The van der Waals surface area contributed by atoms with Crippen LogP contribution in [0.5, 0.6) is 5.75 Å². The fourth-order valence-electron chi connectivity index (χ4n) is 3.75. The minimum Gasteiger partial charge on any atom is -0.485 e. The number of aromatic nitrogens is 3. The summed E-state index contributed by atoms with van der Waals surface area (Å²) in [5.41, 5.74) is 1.91. The van der Waals surface area contributed by atoms with Crippen LogP contribution in [0.3, 0.4) is 0 Å². The highest BCUT2D eigenvalue weighted by atomic mass is 79.9. The summed E-state index contributed by atoms with van der Waals surface area (Å²) >= 11 is 4.84. The monoisotopic (exact) mass is 550 g/mol. The van der Waals surface area contributed by atoms with Crippen molar-refractivity contribution in [2.75, 3.05) is 11.1 Å². The molecule has 0 fully saturated rings. The summed E-state index contributed by atoms with van der Waals surface area (Å²) in [6.45, 7) is 8.84. The molecule has 0 radical (unpaired) electrons. The van der Waals surface area contributed by atoms with Gasteiger partial charge in [0.05, 0.1) is 5.75 Å². The van der Waals surface area contributed by atoms with E-state index in [1.165, 1.54) is 11.8 Å². The number of carbonyl (C=O) groups is 1. The molecule has 35 heavy (non-hydrogen) atoms. The molecule has 0 bridgehead atoms. The Morgan fingerprint density at radius 3 is 2.77 bits per heavy atom. The molecule has 8 heteroatoms. The highest BCUT2D eigenvalue weighted by Crippen LogP contribution is 2.29. The van der Waals surface area contributed by atoms with E-state index in [1.54, 1.807) is 6.08 Å². The van der Waals surface area contributed by atoms with Crippen molar-refractivity contribution in [1.82, 2.24) is 14.8 Å². The largest absolute Gasteiger partial charge is 0.485 e. The molecule has 1 amide bonds. The zero-order valence-electron chi connectivity index (χ0n) is 19.7. The number of thioether (sulfide) groups is 1. The third kappa shape index (κ3) is 6.13. The van der Waals surface area contributed by atoms with Crippen molar-refractivity contribution < 1.29 is 9.53 Å². The molecule has 1 N–H and O–H groups in total. The Balaban J connectivity index is 1.43. The van der Waals surface area contributed by atoms with Gasteiger partial charge in [-0.15, -0.1) is 16.8 Å². The summed E-state index contributed by atoms with van der Waals surface area (Å²) in [5, 5.41) is 14.5. The van der Waals surface area contributed by atoms with Crippen LogP contribution in [0.15, 0.2) is 82.9 Å². The Kier molecular flexibility index (Phi) is 8.25. The number of fused-ring (bicyclic) bond motifs is 1. The second-order valence-electron chi connectivity index (χ2n) is 8.29. The number of hydrogen-bond donors (Lipinski definition) is 1. The molecule has 0 saturated carbocycles. The lowest BCUT2D eigenvalue weighted by Gasteiger charge is -2.14. The lowest BCUT2D eigenvalue weighted by Crippen LogP contribution is -2.16. The normalized spacial score (nSPS) is 11.1. The molecule has 0 aliphatic rings. The molecule has 1 heterocycles. The maximum atomic E-state index is 12.7. The Morgan fingerprint density at radius 1 is 1.17 bits per heavy atom. The summed E-state index contributed by atoms with van der Waals surface area (Å²) in [7, 11) is 0. The maximum Gasteiger partial charge on any atom is 0.234 e. The summed E-state index contributed by atoms with van der Waals surface area (Å²) in [6, 6.07) is 20.0. The van der Waals surface area contributed by atoms with Crippen LogP contribution in [0.4, 0.5) is 5.69 Å². The van der Waals surface area contributed by atoms with Gasteiger partial charge in [-0.05, 0) is 41.1 Å². The van der Waals surface area contributed by atoms with Crippen LogP contribution in [-0.4, -0.2) is 26.4 Å². The highest BCUT2D eigenvalue weighted by molar-refractivity contribution is 9.10. The number of benzene rings is 3. The van der Waals surface area contributed by atoms with E-state index in [-0.39, 0.29) is 24.2 Å². The van der Waals surface area contributed by atoms with Gasteiger partial charge < -0.3 is 10.1 Å². The van der Waals surface area contributed by atoms with Crippen molar-refractivity contribution in [1.29, 1.82) is 0 Å². The van der Waals surface area contributed by atoms with E-state index in [0.717, 1.165) is 32.2 Å². The first kappa shape index (κ1) is 25.0. The molecule has 4 rings (SSSR count). The number of allylic oxidation sites excluding steroid dienone is 1. The molecular weight excluding hydrogens is 524 g/mol. The summed E-state index contributed by atoms with van der Waals surface area (Å²) in [5.74, 6) is 1.87. The molecule has 3 aromatic carbocycles. The Labute approximate surface area is 217 Å². The van der Waals surface area contributed by atoms with E-state index in [4.69, 9.17) is 4.74 Å². The van der Waals surface area contributed by atoms with E-state index >= 15 is 0 Å². The average molecular weight is 552 g/mol. The second kappa shape index (κ2) is 11.6. The van der Waals surface area contributed by atoms with Gasteiger partial charge >= 0.3 is 0 Å². The highest BCUT2D eigenvalue weighted by Gasteiger charge is 2.16. The van der Waals surface area contributed by atoms with Crippen LogP contribution in [0, 0.1) is 0 Å². The van der Waals surface area contributed by atoms with Gasteiger partial charge in [0.1, 0.15) is 12.4 Å². The summed E-state index contributed by atoms with van der Waals surface area (Å²) < 4.78 is 9.02. The lowest BCUT2D eigenvalue weighted by atomic mass is 10.0. The predicted molar refractivity (Wildman–Crippen MR) is 146 cm³/mol. The molecule has 0 atom stereocenters. The number of nitrogens with one attached hydrogen (secondary N) is 1. The molecule has 0 spiro atoms. The Morgan fingerprint density at radius 2 is 1.97 bits per heavy atom. The fraction of sp³-hybridized carbons (Fsp3) is 0.222. The van der Waals surface area contributed by atoms with Gasteiger partial charge in [-0.1, -0.05) is 84.0 Å². The minimum atomic E-state index is -0.0964. The SMILES string of the molecule is C=CCn1c(COc2cccc3ccccc23)nnc1SCC(=O)Nc1ccc(Br)cc1C(C)C. The van der Waals surface area contributed by atoms with E-state index < -0.39 is 0 Å². The second-order valence-corrected chi connectivity index (χ2v) is 10.1. The number of nitrogens with zero attached hydrogens (tertiary/aromatic N) is 3. The summed E-state index contributed by atoms with van der Waals surface area (Å²) in [4.78, 5) is 12.7. The quantitative estimate of drug-likeness (QED) is 0.173. The number of halogens is 1. The van der Waals surface area contributed by atoms with Crippen LogP contribution in [-0.2, 0) is 17.9 Å². The number of amides is 1. The first-order valence-corrected chi connectivity index (χ1v) is 13.1. The van der Waals surface area contributed by atoms with E-state index in [9.17, 15) is 4.79 Å². The minimum absolute atomic E-state index is 0.0964. The van der Waals surface area contributed by atoms with Crippen molar-refractivity contribution in [2.45, 2.75) is 38.1 Å². The van der Waals surface area contributed by atoms with Crippen molar-refractivity contribution in [3.63, 3.8) is 0 Å². The van der Waals surface area contributed by atoms with Crippen LogP contribution in [0.2, 0.25) is 0 Å². The molecule has 0 unspecified atom stereocenters. The van der Waals surface area contributed by atoms with Gasteiger partial charge in [-0.3, -0.25) is 9.36 Å². The maximum absolute atomic E-state index is 12.7. The smallest absolute Gasteiger partial charge is 0.234 e. The van der Waals surface area contributed by atoms with Gasteiger partial charge in [0, 0.05) is 22.1 Å². The van der Waals surface area contributed by atoms with Gasteiger partial charge in [0.15, 0.2) is 11.0 Å². The number of ether oxygens (including phenoxy) is 1. The lowest BCUT2D eigenvalue weighted by molar-refractivity contribution is -0.113. The summed E-state index contributed by atoms with van der Waals surface area (Å²) in [6.07, 6.45) is 1.78. The van der Waals surface area contributed by atoms with Crippen molar-refractivity contribution in [2.24, 2.45) is 0 Å². The van der Waals surface area contributed by atoms with Crippen LogP contribution in [0.1, 0.15) is 31.2 Å². The molecule has 0 aliphatic heterocycles. The Bertz CT molecular complexity index is 1350. The number of anilines is 1. The van der Waals surface area contributed by atoms with Crippen molar-refractivity contribution >= 4 is 50.1 Å². The Hall–Kier alpha value is -3.10. The van der Waals surface area contributed by atoms with Crippen LogP contribution in [0.25, 0.3) is 10.8 Å². The first-order valence-electron chi connectivity index (χ1n) is 11.3. The van der Waals surface area contributed by atoms with Crippen molar-refractivity contribution in [3.05, 3.63) is 89.2 Å². The molecule has 1 aromatic heterocycles. The topological polar surface area (TPSA) is 69.0 Å². The zero-order valence-corrected chi connectivity index (χ0v) is 22.1. The fourth-order valence-corrected chi connectivity index (χ4v) is 4.90.